The molecule has 39 heavy (non-hydrogen) atoms. The fourth-order valence-electron chi connectivity index (χ4n) is 5.01. The average molecular weight is 606 g/mol. The van der Waals surface area contributed by atoms with Crippen molar-refractivity contribution in [2.24, 2.45) is 20.0 Å². The van der Waals surface area contributed by atoms with Gasteiger partial charge in [0.2, 0.25) is 0 Å². The van der Waals surface area contributed by atoms with Gasteiger partial charge in [0.05, 0.1) is 11.4 Å². The molecule has 0 spiro atoms. The normalized spacial score (nSPS) is 20.2. The number of hydrogen-bond donors (Lipinski definition) is 0. The Balaban J connectivity index is 0.00000178. The van der Waals surface area contributed by atoms with Crippen molar-refractivity contribution in [1.82, 2.24) is 4.98 Å². The number of nitrogens with zero attached hydrogens (tertiary/aromatic N) is 5. The fourth-order valence-corrected chi connectivity index (χ4v) is 5.01. The summed E-state index contributed by atoms with van der Waals surface area (Å²) in [6.45, 7) is 4.50. The first-order valence-corrected chi connectivity index (χ1v) is 13.8. The summed E-state index contributed by atoms with van der Waals surface area (Å²) < 4.78 is 0. The molecule has 0 N–H and O–H groups in total. The van der Waals surface area contributed by atoms with E-state index < -0.39 is 0 Å². The van der Waals surface area contributed by atoms with E-state index in [1.807, 2.05) is 18.2 Å². The summed E-state index contributed by atoms with van der Waals surface area (Å²) in [5.41, 5.74) is 6.31. The summed E-state index contributed by atoms with van der Waals surface area (Å²) in [4.78, 5) is 24.2. The minimum absolute atomic E-state index is 0. The average Bonchev–Trinajstić information content (AvgIpc) is 3.53. The summed E-state index contributed by atoms with van der Waals surface area (Å²) in [7, 11) is 0. The molecule has 2 aliphatic heterocycles. The Bertz CT molecular complexity index is 1150. The van der Waals surface area contributed by atoms with Crippen LogP contribution in [-0.2, 0) is 17.1 Å². The first-order valence-electron chi connectivity index (χ1n) is 13.8. The third kappa shape index (κ3) is 8.44. The minimum atomic E-state index is 0. The van der Waals surface area contributed by atoms with Crippen molar-refractivity contribution < 1.29 is 41.9 Å². The van der Waals surface area contributed by atoms with Crippen molar-refractivity contribution in [3.05, 3.63) is 77.2 Å². The maximum Gasteiger partial charge on any atom is 2.00 e. The molecule has 0 bridgehead atoms. The Morgan fingerprint density at radius 2 is 1.10 bits per heavy atom. The molecular weight excluding hydrogens is 569 g/mol. The monoisotopic (exact) mass is 605 g/mol. The molecule has 0 saturated carbocycles. The van der Waals surface area contributed by atoms with Gasteiger partial charge in [-0.25, -0.2) is 15.0 Å². The predicted molar refractivity (Wildman–Crippen MR) is 152 cm³/mol. The molecule has 5 nitrogen and oxygen atoms in total. The van der Waals surface area contributed by atoms with Crippen molar-refractivity contribution in [2.45, 2.75) is 90.1 Å². The summed E-state index contributed by atoms with van der Waals surface area (Å²) in [5, 5.41) is 0. The number of allylic oxidation sites excluding steroid dienone is 4. The predicted octanol–water partition coefficient (Wildman–Crippen LogP) is 1.16. The number of pyridine rings is 1. The van der Waals surface area contributed by atoms with Crippen LogP contribution in [0.4, 0.5) is 0 Å². The van der Waals surface area contributed by atoms with E-state index in [1.165, 1.54) is 62.5 Å². The summed E-state index contributed by atoms with van der Waals surface area (Å²) in [6.07, 6.45) is 25.6. The van der Waals surface area contributed by atoms with Gasteiger partial charge in [-0.15, -0.1) is 0 Å². The van der Waals surface area contributed by atoms with Gasteiger partial charge in [-0.3, -0.25) is 9.98 Å². The van der Waals surface area contributed by atoms with Crippen LogP contribution in [0.5, 0.6) is 0 Å². The Kier molecular flexibility index (Phi) is 13.8. The topological polar surface area (TPSA) is 62.3 Å². The van der Waals surface area contributed by atoms with E-state index in [4.69, 9.17) is 25.0 Å². The van der Waals surface area contributed by atoms with E-state index in [0.717, 1.165) is 35.7 Å². The van der Waals surface area contributed by atoms with Gasteiger partial charge >= 0.3 is 17.1 Å². The number of hydrogen-bond acceptors (Lipinski definition) is 5. The van der Waals surface area contributed by atoms with Crippen LogP contribution in [0.1, 0.15) is 89.4 Å². The van der Waals surface area contributed by atoms with Gasteiger partial charge in [0.1, 0.15) is 23.5 Å². The van der Waals surface area contributed by atoms with Gasteiger partial charge in [0, 0.05) is 0 Å². The zero-order valence-corrected chi connectivity index (χ0v) is 25.4. The van der Waals surface area contributed by atoms with Crippen LogP contribution >= 0.6 is 0 Å². The number of fused-ring (bicyclic) bond motifs is 2. The standard InChI is InChI=1S/C31H37N5.2ClH.Fe/c1-3-5-7-9-12-22-16-18-24-28(20-22)35-30(33-24)26-14-11-15-27(32-26)31-34-25-19-17-23(21-29(25)36-31)13-10-8-6-4-2;;;/h11,14-21,24-25H,3-10,12-13H2,1-2H3;2*1H;/q;;;+2/p-2. The van der Waals surface area contributed by atoms with Crippen LogP contribution in [0.15, 0.2) is 85.8 Å². The van der Waals surface area contributed by atoms with Crippen molar-refractivity contribution in [3.63, 3.8) is 0 Å². The van der Waals surface area contributed by atoms with Crippen molar-refractivity contribution in [2.75, 3.05) is 0 Å². The van der Waals surface area contributed by atoms with Crippen LogP contribution in [0.3, 0.4) is 0 Å². The molecule has 2 aliphatic carbocycles. The molecule has 0 saturated heterocycles. The summed E-state index contributed by atoms with van der Waals surface area (Å²) in [5.74, 6) is 1.39. The largest absolute Gasteiger partial charge is 2.00 e. The number of halogens is 2. The SMILES string of the molecule is CCCCCCC1=CC2=NC(c3cccc(C4=NC5C=CC(CCCCCC)=CC5=N4)n3)=NC2C=C1.[Cl-].[Cl-].[Fe+2]. The Morgan fingerprint density at radius 3 is 1.54 bits per heavy atom. The molecule has 2 atom stereocenters. The molecular formula is C31H37Cl2FeN5. The molecule has 8 heteroatoms. The molecule has 5 rings (SSSR count). The number of aliphatic imine (C=N–C) groups is 4. The molecule has 1 aromatic rings. The quantitative estimate of drug-likeness (QED) is 0.261. The number of aromatic nitrogens is 1. The first kappa shape index (κ1) is 33.1. The Hall–Kier alpha value is -2.11. The van der Waals surface area contributed by atoms with Gasteiger partial charge < -0.3 is 24.8 Å². The van der Waals surface area contributed by atoms with Crippen molar-refractivity contribution in [3.8, 4) is 0 Å². The van der Waals surface area contributed by atoms with Gasteiger partial charge in [0.25, 0.3) is 0 Å². The van der Waals surface area contributed by atoms with Gasteiger partial charge in [0.15, 0.2) is 11.7 Å². The third-order valence-corrected chi connectivity index (χ3v) is 7.10. The summed E-state index contributed by atoms with van der Waals surface area (Å²) in [6, 6.07) is 5.97. The molecule has 0 fully saturated rings. The molecule has 0 radical (unpaired) electrons. The molecule has 0 aromatic carbocycles. The Labute approximate surface area is 256 Å². The zero-order valence-electron chi connectivity index (χ0n) is 22.8. The molecule has 1 aromatic heterocycles. The van der Waals surface area contributed by atoms with E-state index in [2.05, 4.69) is 50.3 Å². The van der Waals surface area contributed by atoms with Crippen LogP contribution in [0, 0.1) is 0 Å². The maximum absolute atomic E-state index is 4.87. The maximum atomic E-state index is 4.87. The summed E-state index contributed by atoms with van der Waals surface area (Å²) >= 11 is 0. The molecule has 208 valence electrons. The fraction of sp³-hybridized carbons (Fsp3) is 0.452. The first-order chi connectivity index (χ1) is 17.7. The van der Waals surface area contributed by atoms with E-state index in [-0.39, 0.29) is 54.0 Å². The van der Waals surface area contributed by atoms with E-state index in [1.54, 1.807) is 0 Å². The van der Waals surface area contributed by atoms with Crippen LogP contribution < -0.4 is 24.8 Å². The third-order valence-electron chi connectivity index (χ3n) is 7.10. The molecule has 3 heterocycles. The van der Waals surface area contributed by atoms with E-state index >= 15 is 0 Å². The van der Waals surface area contributed by atoms with E-state index in [0.29, 0.717) is 11.7 Å². The second-order valence-corrected chi connectivity index (χ2v) is 10.1. The van der Waals surface area contributed by atoms with Gasteiger partial charge in [-0.1, -0.05) is 82.7 Å². The second kappa shape index (κ2) is 16.2. The molecule has 2 unspecified atom stereocenters. The molecule has 0 amide bonds. The van der Waals surface area contributed by atoms with E-state index in [9.17, 15) is 0 Å². The number of amidine groups is 2. The van der Waals surface area contributed by atoms with Gasteiger partial charge in [-0.05, 0) is 61.1 Å². The molecule has 4 aliphatic rings. The second-order valence-electron chi connectivity index (χ2n) is 10.1. The minimum Gasteiger partial charge on any atom is -1.00 e. The Morgan fingerprint density at radius 1 is 0.641 bits per heavy atom. The van der Waals surface area contributed by atoms with Crippen molar-refractivity contribution >= 4 is 23.1 Å². The smallest absolute Gasteiger partial charge is 1.00 e. The van der Waals surface area contributed by atoms with Crippen LogP contribution in [-0.4, -0.2) is 40.2 Å². The zero-order chi connectivity index (χ0) is 24.7. The van der Waals surface area contributed by atoms with Crippen LogP contribution in [0.25, 0.3) is 0 Å². The van der Waals surface area contributed by atoms with Gasteiger partial charge in [-0.2, -0.15) is 0 Å². The van der Waals surface area contributed by atoms with Crippen molar-refractivity contribution in [1.29, 1.82) is 0 Å². The number of unbranched alkanes of at least 4 members (excludes halogenated alkanes) is 6. The number of rotatable bonds is 12. The van der Waals surface area contributed by atoms with Crippen LogP contribution in [0.2, 0.25) is 0 Å².